The normalized spacial score (nSPS) is 22.4. The summed E-state index contributed by atoms with van der Waals surface area (Å²) in [5.41, 5.74) is -0.498. The molecule has 36 heavy (non-hydrogen) atoms. The van der Waals surface area contributed by atoms with Crippen LogP contribution < -0.4 is 10.1 Å². The highest BCUT2D eigenvalue weighted by molar-refractivity contribution is 6.42. The van der Waals surface area contributed by atoms with E-state index in [1.165, 1.54) is 36.1 Å². The van der Waals surface area contributed by atoms with E-state index >= 15 is 0 Å². The van der Waals surface area contributed by atoms with Gasteiger partial charge >= 0.3 is 6.09 Å². The minimum Gasteiger partial charge on any atom is -0.410 e. The van der Waals surface area contributed by atoms with E-state index in [2.05, 4.69) is 5.32 Å². The number of rotatable bonds is 5. The van der Waals surface area contributed by atoms with Crippen LogP contribution in [-0.2, 0) is 9.59 Å². The lowest BCUT2D eigenvalue weighted by Gasteiger charge is -2.44. The van der Waals surface area contributed by atoms with E-state index < -0.39 is 23.4 Å². The lowest BCUT2D eigenvalue weighted by atomic mass is 9.72. The molecule has 2 atom stereocenters. The minimum absolute atomic E-state index is 0.0215. The number of ketones is 1. The van der Waals surface area contributed by atoms with E-state index in [1.54, 1.807) is 24.1 Å². The minimum atomic E-state index is -1.27. The standard InChI is InChI=1S/C26H28Cl2FN3O4/c1-16(33)32-11-9-17(10-12-32)24(34)26(31(2)25(35)36-20-6-4-19(29)5-7-20)15-30-14-21(26)18-3-8-22(27)23(28)13-18/h3-8,13,17,21,30H,9-12,14-15H2,1-2H3/t21-,26+/m1/s1. The van der Waals surface area contributed by atoms with Gasteiger partial charge in [-0.15, -0.1) is 0 Å². The average Bonchev–Trinajstić information content (AvgIpc) is 3.32. The first-order valence-electron chi connectivity index (χ1n) is 11.8. The summed E-state index contributed by atoms with van der Waals surface area (Å²) in [6.45, 7) is 3.14. The highest BCUT2D eigenvalue weighted by atomic mass is 35.5. The number of likely N-dealkylation sites (tertiary alicyclic amines) is 1. The van der Waals surface area contributed by atoms with E-state index in [-0.39, 0.29) is 29.9 Å². The molecule has 10 heteroatoms. The van der Waals surface area contributed by atoms with Crippen LogP contribution >= 0.6 is 23.2 Å². The Kier molecular flexibility index (Phi) is 7.87. The first-order chi connectivity index (χ1) is 17.1. The number of hydrogen-bond acceptors (Lipinski definition) is 5. The van der Waals surface area contributed by atoms with Gasteiger partial charge in [-0.2, -0.15) is 0 Å². The fourth-order valence-electron chi connectivity index (χ4n) is 5.24. The highest BCUT2D eigenvalue weighted by Crippen LogP contribution is 2.42. The number of nitrogens with zero attached hydrogens (tertiary/aromatic N) is 2. The van der Waals surface area contributed by atoms with Crippen molar-refractivity contribution in [2.45, 2.75) is 31.2 Å². The lowest BCUT2D eigenvalue weighted by molar-refractivity contribution is -0.138. The molecule has 2 amide bonds. The number of carbonyl (C=O) groups excluding carboxylic acids is 3. The molecule has 4 rings (SSSR count). The molecule has 0 radical (unpaired) electrons. The molecule has 0 unspecified atom stereocenters. The summed E-state index contributed by atoms with van der Waals surface area (Å²) in [5, 5.41) is 4.04. The maximum absolute atomic E-state index is 14.3. The van der Waals surface area contributed by atoms with Crippen molar-refractivity contribution in [3.8, 4) is 5.75 Å². The number of Topliss-reactive ketones (excluding diaryl/α,β-unsaturated/α-hetero) is 1. The Morgan fingerprint density at radius 1 is 1.08 bits per heavy atom. The number of halogens is 3. The second-order valence-electron chi connectivity index (χ2n) is 9.31. The van der Waals surface area contributed by atoms with Crippen molar-refractivity contribution in [3.63, 3.8) is 0 Å². The van der Waals surface area contributed by atoms with Crippen LogP contribution in [0.4, 0.5) is 9.18 Å². The number of piperidine rings is 1. The van der Waals surface area contributed by atoms with Gasteiger partial charge in [-0.1, -0.05) is 29.3 Å². The van der Waals surface area contributed by atoms with Gasteiger partial charge in [0, 0.05) is 52.0 Å². The van der Waals surface area contributed by atoms with Crippen molar-refractivity contribution in [3.05, 3.63) is 63.9 Å². The second-order valence-corrected chi connectivity index (χ2v) is 10.1. The Bertz CT molecular complexity index is 1150. The van der Waals surface area contributed by atoms with Crippen LogP contribution in [0.1, 0.15) is 31.2 Å². The Labute approximate surface area is 219 Å². The number of amides is 2. The molecule has 2 aromatic carbocycles. The van der Waals surface area contributed by atoms with Crippen molar-refractivity contribution in [1.29, 1.82) is 0 Å². The van der Waals surface area contributed by atoms with Crippen LogP contribution in [0.15, 0.2) is 42.5 Å². The highest BCUT2D eigenvalue weighted by Gasteiger charge is 2.56. The van der Waals surface area contributed by atoms with Crippen LogP contribution in [0.5, 0.6) is 5.75 Å². The lowest BCUT2D eigenvalue weighted by Crippen LogP contribution is -2.62. The van der Waals surface area contributed by atoms with Gasteiger partial charge in [-0.25, -0.2) is 9.18 Å². The number of ether oxygens (including phenoxy) is 1. The van der Waals surface area contributed by atoms with Gasteiger partial charge in [0.05, 0.1) is 10.0 Å². The maximum atomic E-state index is 14.3. The molecule has 1 N–H and O–H groups in total. The number of nitrogens with one attached hydrogen (secondary N) is 1. The Morgan fingerprint density at radius 3 is 2.36 bits per heavy atom. The molecule has 7 nitrogen and oxygen atoms in total. The van der Waals surface area contributed by atoms with Gasteiger partial charge in [0.15, 0.2) is 5.78 Å². The van der Waals surface area contributed by atoms with Crippen LogP contribution in [0.2, 0.25) is 10.0 Å². The van der Waals surface area contributed by atoms with Crippen LogP contribution in [-0.4, -0.2) is 66.3 Å². The third-order valence-corrected chi connectivity index (χ3v) is 8.03. The predicted octanol–water partition coefficient (Wildman–Crippen LogP) is 4.52. The van der Waals surface area contributed by atoms with Gasteiger partial charge in [0.25, 0.3) is 0 Å². The smallest absolute Gasteiger partial charge is 0.410 e. The van der Waals surface area contributed by atoms with E-state index in [4.69, 9.17) is 27.9 Å². The van der Waals surface area contributed by atoms with Gasteiger partial charge in [-0.05, 0) is 54.8 Å². The fourth-order valence-corrected chi connectivity index (χ4v) is 5.55. The third kappa shape index (κ3) is 5.08. The van der Waals surface area contributed by atoms with Crippen molar-refractivity contribution in [1.82, 2.24) is 15.1 Å². The molecule has 2 aromatic rings. The Hall–Kier alpha value is -2.68. The molecule has 2 heterocycles. The van der Waals surface area contributed by atoms with E-state index in [0.29, 0.717) is 42.5 Å². The van der Waals surface area contributed by atoms with Crippen LogP contribution in [0.3, 0.4) is 0 Å². The number of likely N-dealkylation sites (N-methyl/N-ethyl adjacent to an activating group) is 1. The molecule has 2 aliphatic heterocycles. The summed E-state index contributed by atoms with van der Waals surface area (Å²) < 4.78 is 18.9. The first kappa shape index (κ1) is 26.4. The quantitative estimate of drug-likeness (QED) is 0.609. The molecular formula is C26H28Cl2FN3O4. The van der Waals surface area contributed by atoms with E-state index in [9.17, 15) is 18.8 Å². The van der Waals surface area contributed by atoms with Gasteiger partial charge in [-0.3, -0.25) is 14.5 Å². The maximum Gasteiger partial charge on any atom is 0.415 e. The summed E-state index contributed by atoms with van der Waals surface area (Å²) in [6.07, 6.45) is 0.286. The van der Waals surface area contributed by atoms with Gasteiger partial charge in [0.2, 0.25) is 5.91 Å². The zero-order valence-electron chi connectivity index (χ0n) is 20.1. The molecule has 0 saturated carbocycles. The molecule has 2 aliphatic rings. The summed E-state index contributed by atoms with van der Waals surface area (Å²) in [5.74, 6) is -1.16. The Balaban J connectivity index is 1.69. The molecule has 2 saturated heterocycles. The number of hydrogen-bond donors (Lipinski definition) is 1. The Morgan fingerprint density at radius 2 is 1.75 bits per heavy atom. The number of benzene rings is 2. The zero-order valence-corrected chi connectivity index (χ0v) is 21.6. The molecular weight excluding hydrogens is 508 g/mol. The van der Waals surface area contributed by atoms with Crippen molar-refractivity contribution in [2.24, 2.45) is 5.92 Å². The second kappa shape index (κ2) is 10.7. The predicted molar refractivity (Wildman–Crippen MR) is 135 cm³/mol. The molecule has 2 fully saturated rings. The van der Waals surface area contributed by atoms with Gasteiger partial charge in [0.1, 0.15) is 17.1 Å². The molecule has 192 valence electrons. The fraction of sp³-hybridized carbons (Fsp3) is 0.423. The summed E-state index contributed by atoms with van der Waals surface area (Å²) in [7, 11) is 1.55. The summed E-state index contributed by atoms with van der Waals surface area (Å²) in [6, 6.07) is 10.3. The topological polar surface area (TPSA) is 79.0 Å². The summed E-state index contributed by atoms with van der Waals surface area (Å²) in [4.78, 5) is 42.5. The average molecular weight is 536 g/mol. The van der Waals surface area contributed by atoms with Crippen molar-refractivity contribution < 1.29 is 23.5 Å². The zero-order chi connectivity index (χ0) is 26.0. The van der Waals surface area contributed by atoms with Crippen LogP contribution in [0.25, 0.3) is 0 Å². The SMILES string of the molecule is CC(=O)N1CCC(C(=O)[C@]2(N(C)C(=O)Oc3ccc(F)cc3)CNC[C@@H]2c2ccc(Cl)c(Cl)c2)CC1. The van der Waals surface area contributed by atoms with Crippen molar-refractivity contribution >= 4 is 41.0 Å². The third-order valence-electron chi connectivity index (χ3n) is 7.29. The molecule has 0 spiro atoms. The van der Waals surface area contributed by atoms with Crippen LogP contribution in [0, 0.1) is 11.7 Å². The van der Waals surface area contributed by atoms with E-state index in [0.717, 1.165) is 5.56 Å². The molecule has 0 aromatic heterocycles. The molecule has 0 bridgehead atoms. The summed E-state index contributed by atoms with van der Waals surface area (Å²) >= 11 is 12.4. The van der Waals surface area contributed by atoms with Crippen molar-refractivity contribution in [2.75, 3.05) is 33.2 Å². The van der Waals surface area contributed by atoms with E-state index in [1.807, 2.05) is 6.07 Å². The number of carbonyl (C=O) groups is 3. The largest absolute Gasteiger partial charge is 0.415 e. The molecule has 0 aliphatic carbocycles. The van der Waals surface area contributed by atoms with Gasteiger partial charge < -0.3 is 15.0 Å². The monoisotopic (exact) mass is 535 g/mol. The first-order valence-corrected chi connectivity index (χ1v) is 12.6.